The summed E-state index contributed by atoms with van der Waals surface area (Å²) < 4.78 is 10.9. The fraction of sp³-hybridized carbons (Fsp3) is 0.240. The van der Waals surface area contributed by atoms with Crippen molar-refractivity contribution in [2.75, 3.05) is 12.9 Å². The number of esters is 1. The van der Waals surface area contributed by atoms with Gasteiger partial charge in [0.05, 0.1) is 6.42 Å². The lowest BCUT2D eigenvalue weighted by Gasteiger charge is -2.49. The topological polar surface area (TPSA) is 84.9 Å². The Morgan fingerprint density at radius 3 is 2.48 bits per heavy atom. The van der Waals surface area contributed by atoms with Crippen LogP contribution in [0.2, 0.25) is 0 Å². The minimum Gasteiger partial charge on any atom is -0.427 e. The van der Waals surface area contributed by atoms with Gasteiger partial charge in [-0.05, 0) is 11.1 Å². The molecule has 4 rings (SSSR count). The number of benzene rings is 2. The van der Waals surface area contributed by atoms with Crippen molar-refractivity contribution in [3.8, 4) is 0 Å². The van der Waals surface area contributed by atoms with E-state index >= 15 is 0 Å². The first-order valence-electron chi connectivity index (χ1n) is 10.5. The van der Waals surface area contributed by atoms with Crippen LogP contribution in [-0.4, -0.2) is 47.0 Å². The van der Waals surface area contributed by atoms with Crippen LogP contribution in [0.15, 0.2) is 84.6 Å². The number of methoxy groups -OCH3 is 1. The first-order chi connectivity index (χ1) is 16.0. The molecule has 2 heterocycles. The monoisotopic (exact) mass is 464 g/mol. The van der Waals surface area contributed by atoms with Crippen LogP contribution in [0.3, 0.4) is 0 Å². The molecule has 170 valence electrons. The van der Waals surface area contributed by atoms with Crippen molar-refractivity contribution in [2.45, 2.75) is 24.1 Å². The number of carbonyl (C=O) groups is 3. The molecule has 0 saturated carbocycles. The number of β-lactam (4-membered cyclic amide) rings is 1. The third-order valence-electron chi connectivity index (χ3n) is 5.46. The van der Waals surface area contributed by atoms with Gasteiger partial charge in [-0.1, -0.05) is 73.3 Å². The summed E-state index contributed by atoms with van der Waals surface area (Å²) in [5, 5.41) is 2.42. The van der Waals surface area contributed by atoms with Crippen LogP contribution in [0.4, 0.5) is 0 Å². The summed E-state index contributed by atoms with van der Waals surface area (Å²) >= 11 is 1.47. The van der Waals surface area contributed by atoms with E-state index in [0.717, 1.165) is 5.56 Å². The number of nitrogens with zero attached hydrogens (tertiary/aromatic N) is 1. The number of ether oxygens (including phenoxy) is 2. The van der Waals surface area contributed by atoms with Gasteiger partial charge in [0, 0.05) is 18.4 Å². The van der Waals surface area contributed by atoms with Crippen LogP contribution < -0.4 is 5.32 Å². The molecule has 33 heavy (non-hydrogen) atoms. The second-order valence-corrected chi connectivity index (χ2v) is 8.68. The molecule has 2 amide bonds. The molecule has 2 unspecified atom stereocenters. The average molecular weight is 465 g/mol. The third-order valence-corrected chi connectivity index (χ3v) is 6.76. The molecule has 2 aromatic carbocycles. The quantitative estimate of drug-likeness (QED) is 0.367. The average Bonchev–Trinajstić information content (AvgIpc) is 2.85. The van der Waals surface area contributed by atoms with Crippen molar-refractivity contribution in [1.82, 2.24) is 10.2 Å². The molecular weight excluding hydrogens is 440 g/mol. The minimum absolute atomic E-state index is 0.144. The van der Waals surface area contributed by atoms with Gasteiger partial charge in [-0.2, -0.15) is 0 Å². The maximum absolute atomic E-state index is 13.1. The Morgan fingerprint density at radius 1 is 1.18 bits per heavy atom. The highest BCUT2D eigenvalue weighted by atomic mass is 32.2. The van der Waals surface area contributed by atoms with Gasteiger partial charge in [0.1, 0.15) is 17.1 Å². The Balaban J connectivity index is 1.47. The van der Waals surface area contributed by atoms with E-state index in [4.69, 9.17) is 9.47 Å². The Morgan fingerprint density at radius 2 is 1.85 bits per heavy atom. The van der Waals surface area contributed by atoms with E-state index in [-0.39, 0.29) is 29.3 Å². The smallest absolute Gasteiger partial charge is 0.357 e. The van der Waals surface area contributed by atoms with Gasteiger partial charge in [0.15, 0.2) is 0 Å². The van der Waals surface area contributed by atoms with E-state index in [2.05, 4.69) is 11.9 Å². The van der Waals surface area contributed by atoms with Crippen LogP contribution in [0.1, 0.15) is 17.4 Å². The molecule has 0 aromatic heterocycles. The lowest BCUT2D eigenvalue weighted by Crippen LogP contribution is -2.70. The zero-order valence-corrected chi connectivity index (χ0v) is 18.9. The second-order valence-electron chi connectivity index (χ2n) is 7.58. The van der Waals surface area contributed by atoms with E-state index in [9.17, 15) is 14.4 Å². The zero-order chi connectivity index (χ0) is 23.4. The molecule has 0 spiro atoms. The molecule has 0 radical (unpaired) electrons. The number of allylic oxidation sites excluding steroid dienone is 1. The van der Waals surface area contributed by atoms with Gasteiger partial charge in [-0.25, -0.2) is 4.79 Å². The molecule has 0 aliphatic carbocycles. The van der Waals surface area contributed by atoms with Crippen molar-refractivity contribution >= 4 is 29.5 Å². The number of amides is 2. The molecule has 2 aromatic rings. The van der Waals surface area contributed by atoms with Gasteiger partial charge < -0.3 is 14.8 Å². The van der Waals surface area contributed by atoms with Crippen LogP contribution in [0.25, 0.3) is 0 Å². The van der Waals surface area contributed by atoms with Crippen molar-refractivity contribution in [2.24, 2.45) is 0 Å². The van der Waals surface area contributed by atoms with Crippen molar-refractivity contribution < 1.29 is 23.9 Å². The second kappa shape index (κ2) is 10.1. The lowest BCUT2D eigenvalue weighted by molar-refractivity contribution is -0.175. The lowest BCUT2D eigenvalue weighted by atomic mass is 10.0. The first kappa shape index (κ1) is 22.8. The summed E-state index contributed by atoms with van der Waals surface area (Å²) in [5.41, 5.74) is 2.29. The summed E-state index contributed by atoms with van der Waals surface area (Å²) in [6, 6.07) is 17.7. The highest BCUT2D eigenvalue weighted by Gasteiger charge is 2.54. The summed E-state index contributed by atoms with van der Waals surface area (Å²) in [4.78, 5) is 40.0. The van der Waals surface area contributed by atoms with Gasteiger partial charge in [-0.15, -0.1) is 11.8 Å². The van der Waals surface area contributed by atoms with E-state index in [1.807, 2.05) is 48.5 Å². The number of nitrogens with one attached hydrogen (secondary N) is 1. The standard InChI is InChI=1S/C25H24N2O5S/c1-3-17-15-33-23-20(26-19(28)14-16-10-6-4-7-11-16)22(29)27(23)21(17)24(30)32-25(31-2)18-12-8-5-9-13-18/h3-13,20,23,25H,1,14-15H2,2H3,(H,26,28)/t20?,23-,25?/m0/s1. The van der Waals surface area contributed by atoms with E-state index in [1.165, 1.54) is 23.8 Å². The number of thioether (sulfide) groups is 1. The number of carbonyl (C=O) groups excluding carboxylic acids is 3. The van der Waals surface area contributed by atoms with Crippen LogP contribution >= 0.6 is 11.8 Å². The molecule has 1 N–H and O–H groups in total. The Hall–Kier alpha value is -3.36. The van der Waals surface area contributed by atoms with Crippen LogP contribution in [0, 0.1) is 0 Å². The first-order valence-corrected chi connectivity index (χ1v) is 11.5. The normalized spacial score (nSPS) is 20.4. The Kier molecular flexibility index (Phi) is 6.96. The Bertz CT molecular complexity index is 1090. The number of hydrogen-bond acceptors (Lipinski definition) is 6. The summed E-state index contributed by atoms with van der Waals surface area (Å²) in [6.07, 6.45) is 0.818. The SMILES string of the molecule is C=CC1=C(C(=O)OC(OC)c2ccccc2)N2C(=O)C(NC(=O)Cc3ccccc3)[C@@H]2SC1. The largest absolute Gasteiger partial charge is 0.427 e. The van der Waals surface area contributed by atoms with Crippen molar-refractivity contribution in [3.05, 3.63) is 95.7 Å². The Labute approximate surface area is 196 Å². The van der Waals surface area contributed by atoms with Gasteiger partial charge in [0.25, 0.3) is 5.91 Å². The van der Waals surface area contributed by atoms with Crippen molar-refractivity contribution in [1.29, 1.82) is 0 Å². The number of hydrogen-bond donors (Lipinski definition) is 1. The minimum atomic E-state index is -0.914. The zero-order valence-electron chi connectivity index (χ0n) is 18.1. The molecule has 1 fully saturated rings. The summed E-state index contributed by atoms with van der Waals surface area (Å²) in [6.45, 7) is 3.78. The highest BCUT2D eigenvalue weighted by Crippen LogP contribution is 2.41. The molecular formula is C25H24N2O5S. The predicted octanol–water partition coefficient (Wildman–Crippen LogP) is 2.96. The highest BCUT2D eigenvalue weighted by molar-refractivity contribution is 8.00. The van der Waals surface area contributed by atoms with Crippen LogP contribution in [0.5, 0.6) is 0 Å². The fourth-order valence-electron chi connectivity index (χ4n) is 3.81. The van der Waals surface area contributed by atoms with Gasteiger partial charge in [0.2, 0.25) is 12.2 Å². The van der Waals surface area contributed by atoms with Crippen molar-refractivity contribution in [3.63, 3.8) is 0 Å². The molecule has 2 aliphatic rings. The van der Waals surface area contributed by atoms with E-state index in [0.29, 0.717) is 16.9 Å². The van der Waals surface area contributed by atoms with Gasteiger partial charge in [-0.3, -0.25) is 14.5 Å². The molecule has 2 aliphatic heterocycles. The van der Waals surface area contributed by atoms with Gasteiger partial charge >= 0.3 is 5.97 Å². The summed E-state index contributed by atoms with van der Waals surface area (Å²) in [7, 11) is 1.44. The molecule has 3 atom stereocenters. The number of rotatable bonds is 8. The van der Waals surface area contributed by atoms with E-state index < -0.39 is 18.3 Å². The third kappa shape index (κ3) is 4.72. The predicted molar refractivity (Wildman–Crippen MR) is 125 cm³/mol. The maximum atomic E-state index is 13.1. The maximum Gasteiger partial charge on any atom is 0.357 e. The summed E-state index contributed by atoms with van der Waals surface area (Å²) in [5.74, 6) is -0.802. The number of fused-ring (bicyclic) bond motifs is 1. The molecule has 8 heteroatoms. The molecule has 1 saturated heterocycles. The molecule has 0 bridgehead atoms. The molecule has 7 nitrogen and oxygen atoms in total. The van der Waals surface area contributed by atoms with E-state index in [1.54, 1.807) is 18.2 Å². The fourth-order valence-corrected chi connectivity index (χ4v) is 5.15. The van der Waals surface area contributed by atoms with Crippen LogP contribution in [-0.2, 0) is 30.3 Å².